The summed E-state index contributed by atoms with van der Waals surface area (Å²) in [5.41, 5.74) is 0. The van der Waals surface area contributed by atoms with Crippen molar-refractivity contribution in [2.24, 2.45) is 0 Å². The van der Waals surface area contributed by atoms with Crippen molar-refractivity contribution in [3.8, 4) is 5.75 Å². The Morgan fingerprint density at radius 3 is 2.63 bits per heavy atom. The highest BCUT2D eigenvalue weighted by atomic mass is 19.1. The molecule has 1 N–H and O–H groups in total. The molecule has 0 spiro atoms. The third kappa shape index (κ3) is 7.41. The Balaban J connectivity index is 2.07. The van der Waals surface area contributed by atoms with Crippen molar-refractivity contribution in [1.82, 2.24) is 10.2 Å². The largest absolute Gasteiger partial charge is 0.494 e. The highest BCUT2D eigenvalue weighted by Crippen LogP contribution is 2.11. The second kappa shape index (κ2) is 8.48. The summed E-state index contributed by atoms with van der Waals surface area (Å²) in [7, 11) is 3.92. The van der Waals surface area contributed by atoms with Gasteiger partial charge < -0.3 is 15.0 Å². The fourth-order valence-corrected chi connectivity index (χ4v) is 1.46. The van der Waals surface area contributed by atoms with Crippen LogP contribution in [0.25, 0.3) is 0 Å². The highest BCUT2D eigenvalue weighted by molar-refractivity contribution is 5.75. The Hall–Kier alpha value is -1.62. The zero-order chi connectivity index (χ0) is 14.1. The van der Waals surface area contributed by atoms with E-state index in [0.717, 1.165) is 6.54 Å². The van der Waals surface area contributed by atoms with E-state index in [1.165, 1.54) is 12.1 Å². The van der Waals surface area contributed by atoms with Crippen molar-refractivity contribution >= 4 is 5.91 Å². The van der Waals surface area contributed by atoms with E-state index in [1.807, 2.05) is 19.0 Å². The smallest absolute Gasteiger partial charge is 0.220 e. The Morgan fingerprint density at radius 1 is 1.32 bits per heavy atom. The number of hydrogen-bond donors (Lipinski definition) is 1. The van der Waals surface area contributed by atoms with E-state index >= 15 is 0 Å². The van der Waals surface area contributed by atoms with E-state index in [2.05, 4.69) is 5.32 Å². The molecule has 19 heavy (non-hydrogen) atoms. The molecule has 0 radical (unpaired) electrons. The average Bonchev–Trinajstić information content (AvgIpc) is 2.36. The standard InChI is InChI=1S/C14H21FN2O2/c1-17(2)10-9-16-14(18)4-3-11-19-13-7-5-12(15)6-8-13/h5-8H,3-4,9-11H2,1-2H3,(H,16,18). The summed E-state index contributed by atoms with van der Waals surface area (Å²) in [6.45, 7) is 1.94. The maximum Gasteiger partial charge on any atom is 0.220 e. The van der Waals surface area contributed by atoms with E-state index < -0.39 is 0 Å². The number of nitrogens with zero attached hydrogens (tertiary/aromatic N) is 1. The first-order valence-electron chi connectivity index (χ1n) is 6.38. The minimum absolute atomic E-state index is 0.0320. The molecule has 0 aliphatic carbocycles. The van der Waals surface area contributed by atoms with Gasteiger partial charge in [0, 0.05) is 19.5 Å². The number of carbonyl (C=O) groups is 1. The molecule has 1 aromatic carbocycles. The monoisotopic (exact) mass is 268 g/mol. The van der Waals surface area contributed by atoms with Gasteiger partial charge in [0.2, 0.25) is 5.91 Å². The van der Waals surface area contributed by atoms with Crippen LogP contribution >= 0.6 is 0 Å². The predicted molar refractivity (Wildman–Crippen MR) is 72.7 cm³/mol. The first-order valence-corrected chi connectivity index (χ1v) is 6.38. The van der Waals surface area contributed by atoms with Crippen LogP contribution in [0.3, 0.4) is 0 Å². The van der Waals surface area contributed by atoms with Gasteiger partial charge in [0.25, 0.3) is 0 Å². The molecule has 0 unspecified atom stereocenters. The quantitative estimate of drug-likeness (QED) is 0.729. The lowest BCUT2D eigenvalue weighted by Crippen LogP contribution is -2.31. The van der Waals surface area contributed by atoms with E-state index in [1.54, 1.807) is 12.1 Å². The van der Waals surface area contributed by atoms with Gasteiger partial charge in [-0.25, -0.2) is 4.39 Å². The van der Waals surface area contributed by atoms with Crippen LogP contribution in [-0.2, 0) is 4.79 Å². The van der Waals surface area contributed by atoms with Crippen LogP contribution in [0.1, 0.15) is 12.8 Å². The number of amides is 1. The molecule has 0 atom stereocenters. The molecule has 0 aliphatic rings. The van der Waals surface area contributed by atoms with Crippen molar-refractivity contribution in [2.75, 3.05) is 33.8 Å². The molecule has 1 aromatic rings. The minimum atomic E-state index is -0.285. The molecule has 5 heteroatoms. The molecule has 0 saturated heterocycles. The number of carbonyl (C=O) groups excluding carboxylic acids is 1. The lowest BCUT2D eigenvalue weighted by Gasteiger charge is -2.10. The van der Waals surface area contributed by atoms with Crippen LogP contribution in [-0.4, -0.2) is 44.6 Å². The summed E-state index contributed by atoms with van der Waals surface area (Å²) in [5.74, 6) is 0.367. The van der Waals surface area contributed by atoms with Gasteiger partial charge in [-0.3, -0.25) is 4.79 Å². The van der Waals surface area contributed by atoms with E-state index in [9.17, 15) is 9.18 Å². The lowest BCUT2D eigenvalue weighted by molar-refractivity contribution is -0.121. The van der Waals surface area contributed by atoms with Crippen LogP contribution in [0.2, 0.25) is 0 Å². The van der Waals surface area contributed by atoms with Crippen molar-refractivity contribution < 1.29 is 13.9 Å². The lowest BCUT2D eigenvalue weighted by atomic mass is 10.3. The summed E-state index contributed by atoms with van der Waals surface area (Å²) in [6, 6.07) is 5.85. The SMILES string of the molecule is CN(C)CCNC(=O)CCCOc1ccc(F)cc1. The molecule has 1 rings (SSSR count). The number of nitrogens with one attached hydrogen (secondary N) is 1. The number of benzene rings is 1. The van der Waals surface area contributed by atoms with Crippen molar-refractivity contribution in [3.63, 3.8) is 0 Å². The Labute approximate surface area is 113 Å². The first-order chi connectivity index (χ1) is 9.08. The molecule has 1 amide bonds. The van der Waals surface area contributed by atoms with Crippen molar-refractivity contribution in [2.45, 2.75) is 12.8 Å². The normalized spacial score (nSPS) is 10.5. The van der Waals surface area contributed by atoms with Gasteiger partial charge in [-0.05, 0) is 44.8 Å². The van der Waals surface area contributed by atoms with E-state index in [-0.39, 0.29) is 11.7 Å². The Morgan fingerprint density at radius 2 is 2.00 bits per heavy atom. The third-order valence-electron chi connectivity index (χ3n) is 2.51. The van der Waals surface area contributed by atoms with Crippen LogP contribution in [0, 0.1) is 5.82 Å². The molecular formula is C14H21FN2O2. The molecule has 106 valence electrons. The maximum atomic E-state index is 12.6. The van der Waals surface area contributed by atoms with E-state index in [4.69, 9.17) is 4.74 Å². The number of halogens is 1. The van der Waals surface area contributed by atoms with Crippen LogP contribution in [0.4, 0.5) is 4.39 Å². The average molecular weight is 268 g/mol. The van der Waals surface area contributed by atoms with Gasteiger partial charge in [0.1, 0.15) is 11.6 Å². The molecule has 0 fully saturated rings. The highest BCUT2D eigenvalue weighted by Gasteiger charge is 2.01. The summed E-state index contributed by atoms with van der Waals surface area (Å²) in [4.78, 5) is 13.5. The van der Waals surface area contributed by atoms with Gasteiger partial charge in [0.05, 0.1) is 6.61 Å². The molecule has 0 heterocycles. The predicted octanol–water partition coefficient (Wildman–Crippen LogP) is 1.66. The summed E-state index contributed by atoms with van der Waals surface area (Å²) < 4.78 is 18.0. The maximum absolute atomic E-state index is 12.6. The zero-order valence-electron chi connectivity index (χ0n) is 11.5. The number of hydrogen-bond acceptors (Lipinski definition) is 3. The fraction of sp³-hybridized carbons (Fsp3) is 0.500. The van der Waals surface area contributed by atoms with Crippen molar-refractivity contribution in [1.29, 1.82) is 0 Å². The molecule has 0 aromatic heterocycles. The second-order valence-electron chi connectivity index (χ2n) is 4.56. The second-order valence-corrected chi connectivity index (χ2v) is 4.56. The minimum Gasteiger partial charge on any atom is -0.494 e. The van der Waals surface area contributed by atoms with Gasteiger partial charge in [-0.2, -0.15) is 0 Å². The number of rotatable bonds is 8. The zero-order valence-corrected chi connectivity index (χ0v) is 11.5. The Kier molecular flexibility index (Phi) is 6.89. The molecule has 0 bridgehead atoms. The Bertz CT molecular complexity index is 380. The third-order valence-corrected chi connectivity index (χ3v) is 2.51. The molecule has 4 nitrogen and oxygen atoms in total. The van der Waals surface area contributed by atoms with Gasteiger partial charge >= 0.3 is 0 Å². The van der Waals surface area contributed by atoms with Gasteiger partial charge in [-0.15, -0.1) is 0 Å². The fourth-order valence-electron chi connectivity index (χ4n) is 1.46. The molecule has 0 aliphatic heterocycles. The number of likely N-dealkylation sites (N-methyl/N-ethyl adjacent to an activating group) is 1. The molecular weight excluding hydrogens is 247 g/mol. The van der Waals surface area contributed by atoms with Crippen LogP contribution in [0.5, 0.6) is 5.75 Å². The number of ether oxygens (including phenoxy) is 1. The van der Waals surface area contributed by atoms with Gasteiger partial charge in [-0.1, -0.05) is 0 Å². The summed E-state index contributed by atoms with van der Waals surface area (Å²) in [5, 5.41) is 2.83. The topological polar surface area (TPSA) is 41.6 Å². The van der Waals surface area contributed by atoms with Crippen molar-refractivity contribution in [3.05, 3.63) is 30.1 Å². The van der Waals surface area contributed by atoms with Crippen LogP contribution < -0.4 is 10.1 Å². The van der Waals surface area contributed by atoms with Gasteiger partial charge in [0.15, 0.2) is 0 Å². The van der Waals surface area contributed by atoms with E-state index in [0.29, 0.717) is 31.7 Å². The summed E-state index contributed by atoms with van der Waals surface area (Å²) >= 11 is 0. The first kappa shape index (κ1) is 15.4. The molecule has 0 saturated carbocycles. The van der Waals surface area contributed by atoms with Crippen LogP contribution in [0.15, 0.2) is 24.3 Å². The summed E-state index contributed by atoms with van der Waals surface area (Å²) in [6.07, 6.45) is 1.08.